The van der Waals surface area contributed by atoms with Crippen molar-refractivity contribution in [1.29, 1.82) is 0 Å². The molecule has 1 N–H and O–H groups in total. The van der Waals surface area contributed by atoms with E-state index >= 15 is 0 Å². The first-order chi connectivity index (χ1) is 9.58. The highest BCUT2D eigenvalue weighted by Crippen LogP contribution is 2.17. The molecule has 0 aliphatic heterocycles. The summed E-state index contributed by atoms with van der Waals surface area (Å²) in [5, 5.41) is 9.06. The number of rotatable bonds is 5. The van der Waals surface area contributed by atoms with Gasteiger partial charge in [0.2, 0.25) is 0 Å². The van der Waals surface area contributed by atoms with Gasteiger partial charge < -0.3 is 14.6 Å². The van der Waals surface area contributed by atoms with E-state index in [1.807, 2.05) is 43.7 Å². The van der Waals surface area contributed by atoms with E-state index in [0.717, 1.165) is 23.3 Å². The molecular formula is C15H21N3O2. The van der Waals surface area contributed by atoms with E-state index in [-0.39, 0.29) is 12.5 Å². The van der Waals surface area contributed by atoms with Crippen molar-refractivity contribution in [2.24, 2.45) is 7.05 Å². The Hall–Kier alpha value is -1.88. The number of aliphatic hydroxyl groups is 1. The third-order valence-electron chi connectivity index (χ3n) is 3.50. The predicted molar refractivity (Wildman–Crippen MR) is 78.7 cm³/mol. The predicted octanol–water partition coefficient (Wildman–Crippen LogP) is 1.73. The summed E-state index contributed by atoms with van der Waals surface area (Å²) in [6.45, 7) is 4.96. The summed E-state index contributed by atoms with van der Waals surface area (Å²) in [7, 11) is 1.96. The molecule has 1 aromatic carbocycles. The summed E-state index contributed by atoms with van der Waals surface area (Å²) in [5.41, 5.74) is 2.47. The van der Waals surface area contributed by atoms with Crippen molar-refractivity contribution >= 4 is 16.9 Å². The summed E-state index contributed by atoms with van der Waals surface area (Å²) >= 11 is 0. The van der Waals surface area contributed by atoms with Crippen LogP contribution in [0.25, 0.3) is 11.0 Å². The average Bonchev–Trinajstić information content (AvgIpc) is 2.72. The maximum Gasteiger partial charge on any atom is 0.254 e. The number of hydrogen-bond donors (Lipinski definition) is 1. The van der Waals surface area contributed by atoms with Gasteiger partial charge in [-0.1, -0.05) is 6.92 Å². The smallest absolute Gasteiger partial charge is 0.254 e. The standard InChI is InChI=1S/C15H21N3O2/c1-4-7-18(8-9-19)15(20)12-5-6-14-13(10-12)16-11(2)17(14)3/h5-6,10,19H,4,7-9H2,1-3H3. The number of carbonyl (C=O) groups excluding carboxylic acids is 1. The van der Waals surface area contributed by atoms with Crippen molar-refractivity contribution in [2.75, 3.05) is 19.7 Å². The molecule has 0 radical (unpaired) electrons. The second-order valence-electron chi connectivity index (χ2n) is 4.94. The zero-order chi connectivity index (χ0) is 14.7. The molecule has 108 valence electrons. The van der Waals surface area contributed by atoms with Crippen LogP contribution in [0.1, 0.15) is 29.5 Å². The van der Waals surface area contributed by atoms with Crippen LogP contribution >= 0.6 is 0 Å². The Morgan fingerprint density at radius 2 is 2.15 bits per heavy atom. The number of aliphatic hydroxyl groups excluding tert-OH is 1. The van der Waals surface area contributed by atoms with Crippen LogP contribution in [0.15, 0.2) is 18.2 Å². The fourth-order valence-corrected chi connectivity index (χ4v) is 2.34. The Morgan fingerprint density at radius 1 is 1.40 bits per heavy atom. The number of amides is 1. The summed E-state index contributed by atoms with van der Waals surface area (Å²) < 4.78 is 2.00. The molecule has 0 saturated heterocycles. The molecule has 5 heteroatoms. The van der Waals surface area contributed by atoms with E-state index in [1.54, 1.807) is 4.90 Å². The van der Waals surface area contributed by atoms with Gasteiger partial charge in [-0.2, -0.15) is 0 Å². The fraction of sp³-hybridized carbons (Fsp3) is 0.467. The van der Waals surface area contributed by atoms with Crippen molar-refractivity contribution in [2.45, 2.75) is 20.3 Å². The average molecular weight is 275 g/mol. The maximum atomic E-state index is 12.4. The quantitative estimate of drug-likeness (QED) is 0.904. The van der Waals surface area contributed by atoms with Crippen LogP contribution in [0.3, 0.4) is 0 Å². The SMILES string of the molecule is CCCN(CCO)C(=O)c1ccc2c(c1)nc(C)n2C. The Bertz CT molecular complexity index is 613. The first kappa shape index (κ1) is 14.5. The summed E-state index contributed by atoms with van der Waals surface area (Å²) in [6.07, 6.45) is 0.872. The second-order valence-corrected chi connectivity index (χ2v) is 4.94. The number of carbonyl (C=O) groups is 1. The largest absolute Gasteiger partial charge is 0.395 e. The molecule has 0 bridgehead atoms. The van der Waals surface area contributed by atoms with E-state index in [4.69, 9.17) is 5.11 Å². The molecule has 0 aliphatic carbocycles. The molecule has 0 saturated carbocycles. The van der Waals surface area contributed by atoms with E-state index in [2.05, 4.69) is 4.98 Å². The number of hydrogen-bond acceptors (Lipinski definition) is 3. The molecule has 20 heavy (non-hydrogen) atoms. The third-order valence-corrected chi connectivity index (χ3v) is 3.50. The van der Waals surface area contributed by atoms with Gasteiger partial charge in [0.25, 0.3) is 5.91 Å². The minimum absolute atomic E-state index is 0.0172. The molecule has 0 fully saturated rings. The minimum atomic E-state index is -0.0499. The number of aromatic nitrogens is 2. The molecule has 1 heterocycles. The van der Waals surface area contributed by atoms with Gasteiger partial charge in [0.05, 0.1) is 17.6 Å². The monoisotopic (exact) mass is 275 g/mol. The van der Waals surface area contributed by atoms with Crippen LogP contribution in [-0.2, 0) is 7.05 Å². The minimum Gasteiger partial charge on any atom is -0.395 e. The zero-order valence-electron chi connectivity index (χ0n) is 12.3. The second kappa shape index (κ2) is 6.05. The van der Waals surface area contributed by atoms with Gasteiger partial charge in [-0.3, -0.25) is 4.79 Å². The van der Waals surface area contributed by atoms with E-state index in [9.17, 15) is 4.79 Å². The van der Waals surface area contributed by atoms with Crippen LogP contribution in [0.2, 0.25) is 0 Å². The van der Waals surface area contributed by atoms with Crippen LogP contribution in [0.5, 0.6) is 0 Å². The van der Waals surface area contributed by atoms with E-state index in [0.29, 0.717) is 18.7 Å². The lowest BCUT2D eigenvalue weighted by Gasteiger charge is -2.21. The summed E-state index contributed by atoms with van der Waals surface area (Å²) in [5.74, 6) is 0.872. The molecule has 0 unspecified atom stereocenters. The van der Waals surface area contributed by atoms with Gasteiger partial charge >= 0.3 is 0 Å². The molecule has 5 nitrogen and oxygen atoms in total. The van der Waals surface area contributed by atoms with E-state index in [1.165, 1.54) is 0 Å². The summed E-state index contributed by atoms with van der Waals surface area (Å²) in [4.78, 5) is 18.6. The number of aryl methyl sites for hydroxylation is 2. The molecule has 0 atom stereocenters. The first-order valence-electron chi connectivity index (χ1n) is 6.91. The first-order valence-corrected chi connectivity index (χ1v) is 6.91. The number of benzene rings is 1. The lowest BCUT2D eigenvalue weighted by Crippen LogP contribution is -2.34. The highest BCUT2D eigenvalue weighted by atomic mass is 16.3. The molecule has 0 spiro atoms. The third kappa shape index (κ3) is 2.67. The Morgan fingerprint density at radius 3 is 2.80 bits per heavy atom. The molecule has 2 aromatic rings. The van der Waals surface area contributed by atoms with Crippen molar-refractivity contribution in [1.82, 2.24) is 14.5 Å². The van der Waals surface area contributed by atoms with Crippen molar-refractivity contribution < 1.29 is 9.90 Å². The molecule has 0 aliphatic rings. The number of imidazole rings is 1. The lowest BCUT2D eigenvalue weighted by molar-refractivity contribution is 0.0722. The number of nitrogens with zero attached hydrogens (tertiary/aromatic N) is 3. The fourth-order valence-electron chi connectivity index (χ4n) is 2.34. The van der Waals surface area contributed by atoms with Gasteiger partial charge in [-0.15, -0.1) is 0 Å². The van der Waals surface area contributed by atoms with Crippen LogP contribution in [-0.4, -0.2) is 45.2 Å². The normalized spacial score (nSPS) is 11.0. The highest BCUT2D eigenvalue weighted by Gasteiger charge is 2.16. The van der Waals surface area contributed by atoms with Gasteiger partial charge in [0.15, 0.2) is 0 Å². The molecular weight excluding hydrogens is 254 g/mol. The molecule has 1 aromatic heterocycles. The van der Waals surface area contributed by atoms with Gasteiger partial charge in [0.1, 0.15) is 5.82 Å². The van der Waals surface area contributed by atoms with Gasteiger partial charge in [0, 0.05) is 25.7 Å². The van der Waals surface area contributed by atoms with Crippen molar-refractivity contribution in [3.05, 3.63) is 29.6 Å². The van der Waals surface area contributed by atoms with E-state index < -0.39 is 0 Å². The Labute approximate surface area is 118 Å². The van der Waals surface area contributed by atoms with Crippen molar-refractivity contribution in [3.63, 3.8) is 0 Å². The lowest BCUT2D eigenvalue weighted by atomic mass is 10.1. The summed E-state index contributed by atoms with van der Waals surface area (Å²) in [6, 6.07) is 5.57. The Balaban J connectivity index is 2.34. The van der Waals surface area contributed by atoms with Gasteiger partial charge in [-0.25, -0.2) is 4.98 Å². The highest BCUT2D eigenvalue weighted by molar-refractivity contribution is 5.97. The zero-order valence-corrected chi connectivity index (χ0v) is 12.3. The topological polar surface area (TPSA) is 58.4 Å². The van der Waals surface area contributed by atoms with Crippen LogP contribution < -0.4 is 0 Å². The van der Waals surface area contributed by atoms with Crippen LogP contribution in [0, 0.1) is 6.92 Å². The maximum absolute atomic E-state index is 12.4. The van der Waals surface area contributed by atoms with Crippen LogP contribution in [0.4, 0.5) is 0 Å². The molecule has 1 amide bonds. The Kier molecular flexibility index (Phi) is 4.39. The molecule has 2 rings (SSSR count). The van der Waals surface area contributed by atoms with Gasteiger partial charge in [-0.05, 0) is 31.5 Å². The van der Waals surface area contributed by atoms with Crippen molar-refractivity contribution in [3.8, 4) is 0 Å². The number of fused-ring (bicyclic) bond motifs is 1.